The van der Waals surface area contributed by atoms with Crippen LogP contribution in [-0.2, 0) is 13.1 Å². The van der Waals surface area contributed by atoms with Crippen LogP contribution >= 0.6 is 27.5 Å². The predicted molar refractivity (Wildman–Crippen MR) is 140 cm³/mol. The maximum Gasteiger partial charge on any atom is 0.196 e. The number of nitrogens with zero attached hydrogens (tertiary/aromatic N) is 4. The average molecular weight is 545 g/mol. The van der Waals surface area contributed by atoms with E-state index in [4.69, 9.17) is 11.6 Å². The molecule has 6 nitrogen and oxygen atoms in total. The highest BCUT2D eigenvalue weighted by molar-refractivity contribution is 9.10. The number of halogens is 2. The van der Waals surface area contributed by atoms with E-state index in [1.54, 1.807) is 12.1 Å². The van der Waals surface area contributed by atoms with Gasteiger partial charge in [-0.1, -0.05) is 59.4 Å². The van der Waals surface area contributed by atoms with Crippen molar-refractivity contribution < 1.29 is 4.79 Å². The molecule has 180 valence electrons. The van der Waals surface area contributed by atoms with Gasteiger partial charge in [0.2, 0.25) is 0 Å². The fraction of sp³-hybridized carbons (Fsp3) is 0.423. The Morgan fingerprint density at radius 1 is 1.18 bits per heavy atom. The second kappa shape index (κ2) is 11.1. The van der Waals surface area contributed by atoms with Gasteiger partial charge in [0.25, 0.3) is 0 Å². The third kappa shape index (κ3) is 5.95. The summed E-state index contributed by atoms with van der Waals surface area (Å²) in [6.07, 6.45) is 4.95. The summed E-state index contributed by atoms with van der Waals surface area (Å²) in [5.74, 6) is 2.29. The first-order chi connectivity index (χ1) is 16.4. The van der Waals surface area contributed by atoms with Crippen molar-refractivity contribution in [2.75, 3.05) is 14.1 Å². The van der Waals surface area contributed by atoms with E-state index in [0.717, 1.165) is 34.1 Å². The minimum absolute atomic E-state index is 0.128. The Bertz CT molecular complexity index is 1160. The lowest BCUT2D eigenvalue weighted by molar-refractivity contribution is 0.103. The minimum Gasteiger partial charge on any atom is -0.307 e. The van der Waals surface area contributed by atoms with E-state index in [-0.39, 0.29) is 5.78 Å². The third-order valence-electron chi connectivity index (χ3n) is 6.17. The first-order valence-corrected chi connectivity index (χ1v) is 12.9. The van der Waals surface area contributed by atoms with Crippen LogP contribution in [-0.4, -0.2) is 45.6 Å². The van der Waals surface area contributed by atoms with Gasteiger partial charge in [0.1, 0.15) is 0 Å². The van der Waals surface area contributed by atoms with Gasteiger partial charge in [0, 0.05) is 21.6 Å². The number of carbonyl (C=O) groups excluding carboxylic acids is 1. The molecule has 1 saturated carbocycles. The monoisotopic (exact) mass is 543 g/mol. The summed E-state index contributed by atoms with van der Waals surface area (Å²) in [5.41, 5.74) is 1.78. The first kappa shape index (κ1) is 25.0. The van der Waals surface area contributed by atoms with Crippen LogP contribution in [0.5, 0.6) is 0 Å². The standard InChI is InChI=1S/C26H31BrClN5O/c1-4-19(13-17-9-10-17)29-15-24-30-31-25(16-32(2)3)33(24)23-14-18(27)11-12-21(23)26(34)20-7-5-6-8-22(20)28/h5-8,11-12,14,17,19,29H,4,9-10,13,15-16H2,1-3H3. The molecular weight excluding hydrogens is 514 g/mol. The fourth-order valence-corrected chi connectivity index (χ4v) is 4.76. The van der Waals surface area contributed by atoms with Gasteiger partial charge in [-0.25, -0.2) is 0 Å². The molecule has 0 bridgehead atoms. The van der Waals surface area contributed by atoms with Crippen LogP contribution in [0.4, 0.5) is 0 Å². The largest absolute Gasteiger partial charge is 0.307 e. The van der Waals surface area contributed by atoms with Crippen molar-refractivity contribution in [3.63, 3.8) is 0 Å². The van der Waals surface area contributed by atoms with E-state index >= 15 is 0 Å². The summed E-state index contributed by atoms with van der Waals surface area (Å²) in [4.78, 5) is 15.6. The Hall–Kier alpha value is -2.06. The Morgan fingerprint density at radius 3 is 2.59 bits per heavy atom. The van der Waals surface area contributed by atoms with Crippen LogP contribution in [0.1, 0.15) is 60.2 Å². The molecule has 1 fully saturated rings. The van der Waals surface area contributed by atoms with E-state index in [9.17, 15) is 4.79 Å². The van der Waals surface area contributed by atoms with Gasteiger partial charge in [0.05, 0.1) is 23.8 Å². The number of hydrogen-bond acceptors (Lipinski definition) is 5. The van der Waals surface area contributed by atoms with Crippen LogP contribution in [0.2, 0.25) is 5.02 Å². The van der Waals surface area contributed by atoms with Crippen LogP contribution < -0.4 is 5.32 Å². The lowest BCUT2D eigenvalue weighted by Crippen LogP contribution is -2.30. The smallest absolute Gasteiger partial charge is 0.196 e. The third-order valence-corrected chi connectivity index (χ3v) is 7.00. The number of rotatable bonds is 11. The molecule has 3 aromatic rings. The Morgan fingerprint density at radius 2 is 1.91 bits per heavy atom. The van der Waals surface area contributed by atoms with Gasteiger partial charge in [-0.3, -0.25) is 9.36 Å². The van der Waals surface area contributed by atoms with Gasteiger partial charge in [-0.05, 0) is 63.2 Å². The lowest BCUT2D eigenvalue weighted by atomic mass is 10.0. The molecule has 1 N–H and O–H groups in total. The van der Waals surface area contributed by atoms with Crippen molar-refractivity contribution in [2.45, 2.75) is 51.7 Å². The zero-order valence-electron chi connectivity index (χ0n) is 19.9. The number of ketones is 1. The van der Waals surface area contributed by atoms with E-state index in [1.807, 2.05) is 53.9 Å². The molecule has 1 heterocycles. The molecule has 8 heteroatoms. The van der Waals surface area contributed by atoms with Crippen molar-refractivity contribution >= 4 is 33.3 Å². The topological polar surface area (TPSA) is 63.1 Å². The SMILES string of the molecule is CCC(CC1CC1)NCc1nnc(CN(C)C)n1-c1cc(Br)ccc1C(=O)c1ccccc1Cl. The van der Waals surface area contributed by atoms with Crippen molar-refractivity contribution in [2.24, 2.45) is 5.92 Å². The molecule has 1 unspecified atom stereocenters. The maximum absolute atomic E-state index is 13.6. The summed E-state index contributed by atoms with van der Waals surface area (Å²) in [6, 6.07) is 13.3. The number of nitrogens with one attached hydrogen (secondary N) is 1. The highest BCUT2D eigenvalue weighted by Gasteiger charge is 2.26. The normalized spacial score (nSPS) is 14.5. The van der Waals surface area contributed by atoms with Gasteiger partial charge >= 0.3 is 0 Å². The zero-order valence-corrected chi connectivity index (χ0v) is 22.2. The minimum atomic E-state index is -0.128. The first-order valence-electron chi connectivity index (χ1n) is 11.8. The van der Waals surface area contributed by atoms with Crippen molar-refractivity contribution in [3.05, 3.63) is 74.7 Å². The quantitative estimate of drug-likeness (QED) is 0.316. The molecule has 4 rings (SSSR count). The molecule has 34 heavy (non-hydrogen) atoms. The Kier molecular flexibility index (Phi) is 8.19. The van der Waals surface area contributed by atoms with Crippen LogP contribution in [0, 0.1) is 5.92 Å². The molecule has 1 aliphatic carbocycles. The molecule has 2 aromatic carbocycles. The highest BCUT2D eigenvalue weighted by atomic mass is 79.9. The molecule has 0 radical (unpaired) electrons. The zero-order chi connectivity index (χ0) is 24.2. The molecule has 1 atom stereocenters. The number of hydrogen-bond donors (Lipinski definition) is 1. The van der Waals surface area contributed by atoms with Crippen LogP contribution in [0.15, 0.2) is 46.9 Å². The number of aromatic nitrogens is 3. The Balaban J connectivity index is 1.74. The van der Waals surface area contributed by atoms with Gasteiger partial charge in [0.15, 0.2) is 17.4 Å². The summed E-state index contributed by atoms with van der Waals surface area (Å²) in [6.45, 7) is 3.40. The second-order valence-electron chi connectivity index (χ2n) is 9.24. The van der Waals surface area contributed by atoms with E-state index in [1.165, 1.54) is 19.3 Å². The summed E-state index contributed by atoms with van der Waals surface area (Å²) in [7, 11) is 3.99. The highest BCUT2D eigenvalue weighted by Crippen LogP contribution is 2.34. The van der Waals surface area contributed by atoms with Crippen LogP contribution in [0.3, 0.4) is 0 Å². The molecule has 0 amide bonds. The van der Waals surface area contributed by atoms with E-state index in [0.29, 0.717) is 35.3 Å². The van der Waals surface area contributed by atoms with Gasteiger partial charge in [-0.15, -0.1) is 10.2 Å². The molecule has 1 aromatic heterocycles. The average Bonchev–Trinajstić information content (AvgIpc) is 3.55. The maximum atomic E-state index is 13.6. The Labute approximate surface area is 214 Å². The van der Waals surface area contributed by atoms with E-state index in [2.05, 4.69) is 38.4 Å². The lowest BCUT2D eigenvalue weighted by Gasteiger charge is -2.19. The van der Waals surface area contributed by atoms with Crippen LogP contribution in [0.25, 0.3) is 5.69 Å². The van der Waals surface area contributed by atoms with Crippen molar-refractivity contribution in [3.8, 4) is 5.69 Å². The van der Waals surface area contributed by atoms with Crippen molar-refractivity contribution in [1.82, 2.24) is 25.0 Å². The molecule has 0 saturated heterocycles. The summed E-state index contributed by atoms with van der Waals surface area (Å²) < 4.78 is 2.90. The van der Waals surface area contributed by atoms with E-state index < -0.39 is 0 Å². The fourth-order valence-electron chi connectivity index (χ4n) is 4.19. The molecule has 1 aliphatic rings. The molecule has 0 aliphatic heterocycles. The second-order valence-corrected chi connectivity index (χ2v) is 10.6. The predicted octanol–water partition coefficient (Wildman–Crippen LogP) is 5.64. The number of benzene rings is 2. The number of carbonyl (C=O) groups is 1. The molecule has 0 spiro atoms. The summed E-state index contributed by atoms with van der Waals surface area (Å²) in [5, 5.41) is 13.2. The summed E-state index contributed by atoms with van der Waals surface area (Å²) >= 11 is 9.97. The van der Waals surface area contributed by atoms with Gasteiger partial charge in [-0.2, -0.15) is 0 Å². The van der Waals surface area contributed by atoms with Crippen molar-refractivity contribution in [1.29, 1.82) is 0 Å². The van der Waals surface area contributed by atoms with Gasteiger partial charge < -0.3 is 10.2 Å². The molecular formula is C26H31BrClN5O.